The fourth-order valence-corrected chi connectivity index (χ4v) is 1.76. The number of esters is 1. The number of ether oxygens (including phenoxy) is 1. The summed E-state index contributed by atoms with van der Waals surface area (Å²) >= 11 is 6.07. The molecule has 0 saturated carbocycles. The largest absolute Gasteiger partial charge is 0.464 e. The van der Waals surface area contributed by atoms with E-state index in [2.05, 4.69) is 14.8 Å². The second-order valence-corrected chi connectivity index (χ2v) is 4.22. The minimum Gasteiger partial charge on any atom is -0.464 e. The Morgan fingerprint density at radius 1 is 1.44 bits per heavy atom. The topological polar surface area (TPSA) is 57.0 Å². The van der Waals surface area contributed by atoms with Crippen molar-refractivity contribution < 1.29 is 9.53 Å². The first-order chi connectivity index (χ1) is 8.54. The van der Waals surface area contributed by atoms with E-state index in [-0.39, 0.29) is 10.7 Å². The lowest BCUT2D eigenvalue weighted by Gasteiger charge is -2.03. The Kier molecular flexibility index (Phi) is 3.34. The fourth-order valence-electron chi connectivity index (χ4n) is 1.57. The van der Waals surface area contributed by atoms with Crippen LogP contribution in [0.4, 0.5) is 0 Å². The third-order valence-electron chi connectivity index (χ3n) is 2.54. The number of hydrogen-bond acceptors (Lipinski definition) is 4. The van der Waals surface area contributed by atoms with Gasteiger partial charge in [0.25, 0.3) is 0 Å². The molecule has 18 heavy (non-hydrogen) atoms. The number of hydrogen-bond donors (Lipinski definition) is 0. The van der Waals surface area contributed by atoms with Crippen LogP contribution in [-0.2, 0) is 4.74 Å². The lowest BCUT2D eigenvalue weighted by Crippen LogP contribution is -2.06. The van der Waals surface area contributed by atoms with E-state index in [1.54, 1.807) is 13.1 Å². The number of carbonyl (C=O) groups excluding carboxylic acids is 1. The van der Waals surface area contributed by atoms with E-state index in [9.17, 15) is 4.79 Å². The monoisotopic (exact) mass is 265 g/mol. The van der Waals surface area contributed by atoms with E-state index >= 15 is 0 Å². The van der Waals surface area contributed by atoms with Crippen molar-refractivity contribution in [3.8, 4) is 5.82 Å². The van der Waals surface area contributed by atoms with Gasteiger partial charge in [-0.3, -0.25) is 0 Å². The predicted molar refractivity (Wildman–Crippen MR) is 67.2 cm³/mol. The molecule has 0 saturated heterocycles. The molecule has 2 aromatic rings. The standard InChI is InChI=1S/C12H12ClN3O2/c1-7-4-5-14-9(6-7)16-8(2)10(13)11(15-16)12(17)18-3/h4-6H,1-3H3. The zero-order valence-electron chi connectivity index (χ0n) is 10.3. The average molecular weight is 266 g/mol. The smallest absolute Gasteiger partial charge is 0.360 e. The highest BCUT2D eigenvalue weighted by molar-refractivity contribution is 6.34. The molecule has 2 rings (SSSR count). The van der Waals surface area contributed by atoms with Crippen molar-refractivity contribution in [2.24, 2.45) is 0 Å². The van der Waals surface area contributed by atoms with Crippen molar-refractivity contribution in [2.75, 3.05) is 7.11 Å². The van der Waals surface area contributed by atoms with Crippen LogP contribution >= 0.6 is 11.6 Å². The molecule has 2 aromatic heterocycles. The molecule has 0 amide bonds. The van der Waals surface area contributed by atoms with Crippen LogP contribution in [0.5, 0.6) is 0 Å². The summed E-state index contributed by atoms with van der Waals surface area (Å²) in [5.74, 6) is 0.0547. The summed E-state index contributed by atoms with van der Waals surface area (Å²) in [7, 11) is 1.29. The van der Waals surface area contributed by atoms with Crippen molar-refractivity contribution in [3.63, 3.8) is 0 Å². The molecule has 0 spiro atoms. The molecule has 0 unspecified atom stereocenters. The molecule has 94 valence electrons. The van der Waals surface area contributed by atoms with Crippen LogP contribution in [0.3, 0.4) is 0 Å². The summed E-state index contributed by atoms with van der Waals surface area (Å²) in [6.45, 7) is 3.72. The van der Waals surface area contributed by atoms with Crippen LogP contribution in [0.2, 0.25) is 5.02 Å². The first-order valence-corrected chi connectivity index (χ1v) is 5.69. The van der Waals surface area contributed by atoms with Gasteiger partial charge in [-0.15, -0.1) is 0 Å². The van der Waals surface area contributed by atoms with Crippen molar-refractivity contribution >= 4 is 17.6 Å². The van der Waals surface area contributed by atoms with Gasteiger partial charge in [0.05, 0.1) is 17.8 Å². The number of aryl methyl sites for hydroxylation is 1. The summed E-state index contributed by atoms with van der Waals surface area (Å²) in [4.78, 5) is 15.7. The SMILES string of the molecule is COC(=O)c1nn(-c2cc(C)ccn2)c(C)c1Cl. The first kappa shape index (κ1) is 12.6. The van der Waals surface area contributed by atoms with Gasteiger partial charge in [-0.2, -0.15) is 5.10 Å². The van der Waals surface area contributed by atoms with Gasteiger partial charge in [-0.05, 0) is 31.5 Å². The highest BCUT2D eigenvalue weighted by Gasteiger charge is 2.20. The highest BCUT2D eigenvalue weighted by atomic mass is 35.5. The molecule has 5 nitrogen and oxygen atoms in total. The summed E-state index contributed by atoms with van der Waals surface area (Å²) in [5, 5.41) is 4.42. The zero-order chi connectivity index (χ0) is 13.3. The van der Waals surface area contributed by atoms with Gasteiger partial charge in [-0.1, -0.05) is 11.6 Å². The van der Waals surface area contributed by atoms with E-state index in [4.69, 9.17) is 11.6 Å². The minimum atomic E-state index is -0.561. The van der Waals surface area contributed by atoms with Crippen LogP contribution in [0.15, 0.2) is 18.3 Å². The number of nitrogens with zero attached hydrogens (tertiary/aromatic N) is 3. The Bertz CT molecular complexity index is 607. The maximum atomic E-state index is 11.5. The normalized spacial score (nSPS) is 10.4. The molecule has 2 heterocycles. The molecule has 0 radical (unpaired) electrons. The summed E-state index contributed by atoms with van der Waals surface area (Å²) in [5.41, 5.74) is 1.79. The quantitative estimate of drug-likeness (QED) is 0.782. The van der Waals surface area contributed by atoms with Gasteiger partial charge in [0.15, 0.2) is 11.5 Å². The van der Waals surface area contributed by atoms with Gasteiger partial charge in [0, 0.05) is 6.20 Å². The molecule has 0 aliphatic rings. The Morgan fingerprint density at radius 2 is 2.17 bits per heavy atom. The molecular formula is C12H12ClN3O2. The number of aromatic nitrogens is 3. The van der Waals surface area contributed by atoms with Crippen molar-refractivity contribution in [1.29, 1.82) is 0 Å². The predicted octanol–water partition coefficient (Wildman–Crippen LogP) is 2.32. The average Bonchev–Trinajstić information content (AvgIpc) is 2.66. The Hall–Kier alpha value is -1.88. The van der Waals surface area contributed by atoms with Crippen molar-refractivity contribution in [3.05, 3.63) is 40.3 Å². The molecule has 6 heteroatoms. The molecule has 0 bridgehead atoms. The van der Waals surface area contributed by atoms with Crippen LogP contribution in [0.25, 0.3) is 5.82 Å². The van der Waals surface area contributed by atoms with Crippen LogP contribution in [0.1, 0.15) is 21.7 Å². The first-order valence-electron chi connectivity index (χ1n) is 5.31. The minimum absolute atomic E-state index is 0.0972. The van der Waals surface area contributed by atoms with Crippen LogP contribution in [0, 0.1) is 13.8 Å². The Morgan fingerprint density at radius 3 is 2.78 bits per heavy atom. The zero-order valence-corrected chi connectivity index (χ0v) is 11.0. The molecule has 0 atom stereocenters. The van der Waals surface area contributed by atoms with Gasteiger partial charge < -0.3 is 4.74 Å². The molecule has 0 fully saturated rings. The van der Waals surface area contributed by atoms with E-state index < -0.39 is 5.97 Å². The molecule has 0 aromatic carbocycles. The van der Waals surface area contributed by atoms with Gasteiger partial charge in [0.2, 0.25) is 0 Å². The number of rotatable bonds is 2. The number of carbonyl (C=O) groups is 1. The van der Waals surface area contributed by atoms with E-state index in [0.29, 0.717) is 11.5 Å². The summed E-state index contributed by atoms with van der Waals surface area (Å²) in [6.07, 6.45) is 1.68. The highest BCUT2D eigenvalue weighted by Crippen LogP contribution is 2.23. The van der Waals surface area contributed by atoms with Crippen molar-refractivity contribution in [2.45, 2.75) is 13.8 Å². The van der Waals surface area contributed by atoms with Crippen LogP contribution < -0.4 is 0 Å². The van der Waals surface area contributed by atoms with Gasteiger partial charge >= 0.3 is 5.97 Å². The molecule has 0 aliphatic carbocycles. The molecule has 0 N–H and O–H groups in total. The number of pyridine rings is 1. The number of methoxy groups -OCH3 is 1. The van der Waals surface area contributed by atoms with Crippen LogP contribution in [-0.4, -0.2) is 27.8 Å². The van der Waals surface area contributed by atoms with E-state index in [1.165, 1.54) is 11.8 Å². The lowest BCUT2D eigenvalue weighted by molar-refractivity contribution is 0.0593. The van der Waals surface area contributed by atoms with Gasteiger partial charge in [-0.25, -0.2) is 14.5 Å². The molecular weight excluding hydrogens is 254 g/mol. The maximum absolute atomic E-state index is 11.5. The summed E-state index contributed by atoms with van der Waals surface area (Å²) in [6, 6.07) is 3.74. The second kappa shape index (κ2) is 4.78. The maximum Gasteiger partial charge on any atom is 0.360 e. The fraction of sp³-hybridized carbons (Fsp3) is 0.250. The van der Waals surface area contributed by atoms with Crippen molar-refractivity contribution in [1.82, 2.24) is 14.8 Å². The van der Waals surface area contributed by atoms with E-state index in [0.717, 1.165) is 5.56 Å². The number of halogens is 1. The van der Waals surface area contributed by atoms with E-state index in [1.807, 2.05) is 19.1 Å². The Balaban J connectivity index is 2.56. The third-order valence-corrected chi connectivity index (χ3v) is 2.99. The molecule has 0 aliphatic heterocycles. The Labute approximate surface area is 109 Å². The second-order valence-electron chi connectivity index (χ2n) is 3.84. The summed E-state index contributed by atoms with van der Waals surface area (Å²) < 4.78 is 6.15. The third kappa shape index (κ3) is 2.09. The van der Waals surface area contributed by atoms with Gasteiger partial charge in [0.1, 0.15) is 0 Å². The lowest BCUT2D eigenvalue weighted by atomic mass is 10.3.